The molecule has 280 valence electrons. The molecule has 3 aromatic heterocycles. The molecule has 3 heterocycles. The summed E-state index contributed by atoms with van der Waals surface area (Å²) in [4.78, 5) is 0. The van der Waals surface area contributed by atoms with Crippen LogP contribution in [-0.2, 0) is 0 Å². The Kier molecular flexibility index (Phi) is 7.58. The van der Waals surface area contributed by atoms with E-state index in [1.54, 1.807) is 0 Å². The summed E-state index contributed by atoms with van der Waals surface area (Å²) in [6, 6.07) is 79.0. The van der Waals surface area contributed by atoms with Crippen LogP contribution in [0.2, 0.25) is 0 Å². The summed E-state index contributed by atoms with van der Waals surface area (Å²) in [6.45, 7) is 0. The molecule has 9 aromatic carbocycles. The first-order chi connectivity index (χ1) is 29.7. The summed E-state index contributed by atoms with van der Waals surface area (Å²) in [6.07, 6.45) is 0. The van der Waals surface area contributed by atoms with Crippen LogP contribution in [0.4, 0.5) is 0 Å². The predicted octanol–water partition coefficient (Wildman–Crippen LogP) is 11.0. The Labute approximate surface area is 347 Å². The smallest absolute Gasteiger partial charge is 0.179 e. The van der Waals surface area contributed by atoms with Gasteiger partial charge in [0.2, 0.25) is 0 Å². The molecule has 4 nitrogen and oxygen atoms in total. The Morgan fingerprint density at radius 3 is 1.52 bits per heavy atom. The molecule has 0 saturated heterocycles. The zero-order valence-corrected chi connectivity index (χ0v) is 33.5. The lowest BCUT2D eigenvalue weighted by Crippen LogP contribution is -2.74. The van der Waals surface area contributed by atoms with Crippen molar-refractivity contribution in [2.75, 3.05) is 0 Å². The molecule has 0 amide bonds. The maximum absolute atomic E-state index is 9.74. The van der Waals surface area contributed by atoms with Crippen molar-refractivity contribution in [3.05, 3.63) is 218 Å². The minimum atomic E-state index is -2.88. The lowest BCUT2D eigenvalue weighted by Gasteiger charge is -2.34. The monoisotopic (exact) mass is 781 g/mol. The van der Waals surface area contributed by atoms with E-state index in [4.69, 9.17) is 4.42 Å². The zero-order valence-electron chi connectivity index (χ0n) is 32.5. The molecular formula is C55H35N3OSi. The number of benzene rings is 9. The van der Waals surface area contributed by atoms with Crippen molar-refractivity contribution in [3.8, 4) is 17.4 Å². The van der Waals surface area contributed by atoms with E-state index in [9.17, 15) is 5.26 Å². The highest BCUT2D eigenvalue weighted by Crippen LogP contribution is 2.41. The molecule has 5 heteroatoms. The maximum Gasteiger partial charge on any atom is 0.179 e. The first-order valence-corrected chi connectivity index (χ1v) is 22.3. The molecule has 0 aliphatic rings. The molecule has 0 fully saturated rings. The molecule has 12 aromatic rings. The SMILES string of the molecule is N#Cc1ccc2c(c1)c1ccccc1n2-c1ccc([Si](c2ccccc2)(c2ccccc2)c2ccc(-n3c4ccccc4c4ccc5oc6ccccc6c5c43)cc2)cc1. The van der Waals surface area contributed by atoms with E-state index in [-0.39, 0.29) is 0 Å². The molecular weight excluding hydrogens is 747 g/mol. The first kappa shape index (κ1) is 34.2. The fraction of sp³-hybridized carbons (Fsp3) is 0. The molecule has 0 bridgehead atoms. The van der Waals surface area contributed by atoms with Gasteiger partial charge in [0, 0.05) is 38.3 Å². The number of rotatable bonds is 6. The molecule has 0 atom stereocenters. The van der Waals surface area contributed by atoms with E-state index in [2.05, 4.69) is 209 Å². The molecule has 0 aliphatic carbocycles. The molecule has 0 saturated carbocycles. The molecule has 12 rings (SSSR count). The van der Waals surface area contributed by atoms with Crippen LogP contribution in [0, 0.1) is 11.3 Å². The van der Waals surface area contributed by atoms with Gasteiger partial charge in [-0.05, 0) is 93.5 Å². The number of furan rings is 1. The van der Waals surface area contributed by atoms with Gasteiger partial charge in [0.05, 0.1) is 39.1 Å². The number of para-hydroxylation sites is 3. The van der Waals surface area contributed by atoms with Gasteiger partial charge < -0.3 is 13.6 Å². The van der Waals surface area contributed by atoms with Crippen LogP contribution in [0.1, 0.15) is 5.56 Å². The average Bonchev–Trinajstić information content (AvgIpc) is 3.98. The zero-order chi connectivity index (χ0) is 39.8. The molecule has 0 spiro atoms. The normalized spacial score (nSPS) is 12.0. The van der Waals surface area contributed by atoms with Gasteiger partial charge in [-0.25, -0.2) is 0 Å². The van der Waals surface area contributed by atoms with Crippen molar-refractivity contribution in [2.24, 2.45) is 0 Å². The molecule has 0 aliphatic heterocycles. The number of hydrogen-bond donors (Lipinski definition) is 0. The molecule has 0 N–H and O–H groups in total. The van der Waals surface area contributed by atoms with Gasteiger partial charge in [-0.3, -0.25) is 0 Å². The van der Waals surface area contributed by atoms with E-state index in [1.807, 2.05) is 18.2 Å². The lowest BCUT2D eigenvalue weighted by molar-refractivity contribution is 0.669. The van der Waals surface area contributed by atoms with Gasteiger partial charge >= 0.3 is 0 Å². The van der Waals surface area contributed by atoms with Crippen molar-refractivity contribution >= 4 is 94.4 Å². The Bertz CT molecular complexity index is 3610. The van der Waals surface area contributed by atoms with Crippen molar-refractivity contribution in [3.63, 3.8) is 0 Å². The quantitative estimate of drug-likeness (QED) is 0.125. The number of nitrogens with zero attached hydrogens (tertiary/aromatic N) is 3. The fourth-order valence-corrected chi connectivity index (χ4v) is 14.7. The van der Waals surface area contributed by atoms with Crippen LogP contribution in [-0.4, -0.2) is 17.2 Å². The third-order valence-electron chi connectivity index (χ3n) is 12.5. The Morgan fingerprint density at radius 1 is 0.383 bits per heavy atom. The van der Waals surface area contributed by atoms with Gasteiger partial charge in [-0.1, -0.05) is 140 Å². The summed E-state index contributed by atoms with van der Waals surface area (Å²) in [5.41, 5.74) is 9.15. The van der Waals surface area contributed by atoms with Gasteiger partial charge in [-0.15, -0.1) is 0 Å². The van der Waals surface area contributed by atoms with Crippen LogP contribution in [0.3, 0.4) is 0 Å². The molecule has 0 radical (unpaired) electrons. The average molecular weight is 782 g/mol. The number of nitriles is 1. The van der Waals surface area contributed by atoms with Gasteiger partial charge in [-0.2, -0.15) is 5.26 Å². The van der Waals surface area contributed by atoms with Gasteiger partial charge in [0.25, 0.3) is 0 Å². The van der Waals surface area contributed by atoms with E-state index >= 15 is 0 Å². The largest absolute Gasteiger partial charge is 0.456 e. The van der Waals surface area contributed by atoms with Crippen molar-refractivity contribution < 1.29 is 4.42 Å². The molecule has 0 unspecified atom stereocenters. The third kappa shape index (κ3) is 4.89. The topological polar surface area (TPSA) is 46.8 Å². The van der Waals surface area contributed by atoms with Crippen LogP contribution < -0.4 is 20.7 Å². The second-order valence-electron chi connectivity index (χ2n) is 15.6. The summed E-state index contributed by atoms with van der Waals surface area (Å²) >= 11 is 0. The predicted molar refractivity (Wildman–Crippen MR) is 251 cm³/mol. The highest BCUT2D eigenvalue weighted by Gasteiger charge is 2.41. The first-order valence-electron chi connectivity index (χ1n) is 20.3. The van der Waals surface area contributed by atoms with E-state index < -0.39 is 8.07 Å². The van der Waals surface area contributed by atoms with Crippen molar-refractivity contribution in [2.45, 2.75) is 0 Å². The summed E-state index contributed by atoms with van der Waals surface area (Å²) in [5.74, 6) is 0. The van der Waals surface area contributed by atoms with Gasteiger partial charge in [0.1, 0.15) is 11.2 Å². The van der Waals surface area contributed by atoms with Gasteiger partial charge in [0.15, 0.2) is 8.07 Å². The second kappa shape index (κ2) is 13.3. The highest BCUT2D eigenvalue weighted by molar-refractivity contribution is 7.19. The second-order valence-corrected chi connectivity index (χ2v) is 19.4. The standard InChI is InChI=1S/C55H35N3OSi/c56-36-37-23-33-51-48(35-37)45-18-8-10-20-49(45)57(51)38-24-28-42(29-25-38)60(40-13-3-1-4-14-40,41-15-5-2-6-16-41)43-30-26-39(27-31-43)58-50-21-11-7-17-44(50)46-32-34-53-54(55(46)58)47-19-9-12-22-52(47)59-53/h1-35H. The number of hydrogen-bond acceptors (Lipinski definition) is 2. The third-order valence-corrected chi connectivity index (χ3v) is 17.3. The van der Waals surface area contributed by atoms with E-state index in [0.29, 0.717) is 5.56 Å². The minimum absolute atomic E-state index is 0.662. The Hall–Kier alpha value is -7.91. The highest BCUT2D eigenvalue weighted by atomic mass is 28.3. The summed E-state index contributed by atoms with van der Waals surface area (Å²) < 4.78 is 11.2. The summed E-state index contributed by atoms with van der Waals surface area (Å²) in [7, 11) is -2.88. The fourth-order valence-electron chi connectivity index (χ4n) is 9.95. The Balaban J connectivity index is 1.08. The van der Waals surface area contributed by atoms with Crippen molar-refractivity contribution in [1.82, 2.24) is 9.13 Å². The van der Waals surface area contributed by atoms with Crippen LogP contribution in [0.25, 0.3) is 76.9 Å². The number of aromatic nitrogens is 2. The minimum Gasteiger partial charge on any atom is -0.456 e. The lowest BCUT2D eigenvalue weighted by atomic mass is 10.1. The van der Waals surface area contributed by atoms with Crippen LogP contribution in [0.15, 0.2) is 217 Å². The van der Waals surface area contributed by atoms with Crippen LogP contribution >= 0.6 is 0 Å². The molecule has 60 heavy (non-hydrogen) atoms. The Morgan fingerprint density at radius 2 is 0.883 bits per heavy atom. The van der Waals surface area contributed by atoms with E-state index in [1.165, 1.54) is 31.5 Å². The number of fused-ring (bicyclic) bond motifs is 10. The van der Waals surface area contributed by atoms with Crippen molar-refractivity contribution in [1.29, 1.82) is 5.26 Å². The van der Waals surface area contributed by atoms with Crippen LogP contribution in [0.5, 0.6) is 0 Å². The summed E-state index contributed by atoms with van der Waals surface area (Å²) in [5, 5.41) is 21.9. The van der Waals surface area contributed by atoms with E-state index in [0.717, 1.165) is 66.2 Å². The maximum atomic E-state index is 9.74.